The van der Waals surface area contributed by atoms with Gasteiger partial charge in [0.05, 0.1) is 75.7 Å². The van der Waals surface area contributed by atoms with Crippen LogP contribution in [-0.4, -0.2) is 150 Å². The number of oxime groups is 4. The van der Waals surface area contributed by atoms with Crippen molar-refractivity contribution in [3.05, 3.63) is 70.8 Å². The second-order valence-corrected chi connectivity index (χ2v) is 13.6. The SMILES string of the molecule is O=C1OCCOCCOCCOC(=O)[C@H]2CC(=NO2)c2cccc(c2)C2=NO[C@H](C2)C(=O)OCCOCCOCCOC(=O)[C@H]2CC(=NO2)c2cccc(c2)C2=NO[C@@H]1C2. The highest BCUT2D eigenvalue weighted by atomic mass is 16.7. The number of nitrogens with zero attached hydrogens (tertiary/aromatic N) is 4. The molecule has 5 aliphatic heterocycles. The first-order valence-electron chi connectivity index (χ1n) is 19.5. The van der Waals surface area contributed by atoms with Crippen molar-refractivity contribution < 1.29 is 76.4 Å². The molecule has 0 unspecified atom stereocenters. The standard InChI is InChI=1S/C40H44N4O16/c45-37-33-21-29(41-57-33)25-3-1-4-26(19-25)30-22-34(58-42-30)38(46)54-16-12-50-8-10-52-14-18-56-40(48)36-24-32(44-60-36)28-6-2-5-27(20-28)31-23-35(59-43-31)39(47)55-17-13-51-9-7-49-11-15-53-37/h1-6,19-20,33-36H,7-18,21-24H2/t33-,34-,35-,36-/m1/s1. The van der Waals surface area contributed by atoms with Crippen molar-refractivity contribution in [1.29, 1.82) is 0 Å². The minimum absolute atomic E-state index is 0.00233. The fourth-order valence-electron chi connectivity index (χ4n) is 6.27. The van der Waals surface area contributed by atoms with E-state index in [1.54, 1.807) is 12.1 Å². The van der Waals surface area contributed by atoms with Gasteiger partial charge < -0.3 is 57.2 Å². The van der Waals surface area contributed by atoms with Gasteiger partial charge in [0.25, 0.3) is 0 Å². The van der Waals surface area contributed by atoms with Crippen LogP contribution < -0.4 is 0 Å². The van der Waals surface area contributed by atoms with Crippen molar-refractivity contribution in [3.8, 4) is 0 Å². The van der Waals surface area contributed by atoms with Crippen LogP contribution in [0.25, 0.3) is 0 Å². The summed E-state index contributed by atoms with van der Waals surface area (Å²) in [5.74, 6) is -2.30. The Labute approximate surface area is 343 Å². The van der Waals surface area contributed by atoms with E-state index in [1.165, 1.54) is 0 Å². The third kappa shape index (κ3) is 11.6. The number of benzene rings is 2. The van der Waals surface area contributed by atoms with Gasteiger partial charge in [-0.25, -0.2) is 19.2 Å². The van der Waals surface area contributed by atoms with Crippen LogP contribution in [0.1, 0.15) is 47.9 Å². The molecule has 5 aliphatic rings. The van der Waals surface area contributed by atoms with Gasteiger partial charge in [0.15, 0.2) is 0 Å². The molecule has 0 radical (unpaired) electrons. The molecule has 20 heteroatoms. The van der Waals surface area contributed by atoms with E-state index < -0.39 is 48.3 Å². The summed E-state index contributed by atoms with van der Waals surface area (Å²) in [5, 5.41) is 16.4. The predicted octanol–water partition coefficient (Wildman–Crippen LogP) is 1.61. The number of hydrogen-bond acceptors (Lipinski definition) is 20. The molecule has 0 fully saturated rings. The van der Waals surface area contributed by atoms with Gasteiger partial charge in [-0.3, -0.25) is 0 Å². The Morgan fingerprint density at radius 3 is 0.833 bits per heavy atom. The maximum absolute atomic E-state index is 12.6. The van der Waals surface area contributed by atoms with Crippen molar-refractivity contribution in [2.24, 2.45) is 20.6 Å². The highest BCUT2D eigenvalue weighted by Crippen LogP contribution is 2.24. The molecule has 2 aromatic rings. The molecule has 12 bridgehead atoms. The number of rotatable bonds is 0. The monoisotopic (exact) mass is 836 g/mol. The Morgan fingerprint density at radius 1 is 0.350 bits per heavy atom. The molecule has 60 heavy (non-hydrogen) atoms. The molecule has 0 saturated carbocycles. The molecule has 0 amide bonds. The molecule has 0 aromatic heterocycles. The maximum Gasteiger partial charge on any atom is 0.350 e. The normalized spacial score (nSPS) is 25.6. The van der Waals surface area contributed by atoms with E-state index in [4.69, 9.17) is 57.2 Å². The molecule has 320 valence electrons. The van der Waals surface area contributed by atoms with Crippen LogP contribution in [0.5, 0.6) is 0 Å². The number of carbonyl (C=O) groups is 4. The summed E-state index contributed by atoms with van der Waals surface area (Å²) in [4.78, 5) is 71.9. The Kier molecular flexibility index (Phi) is 15.0. The maximum atomic E-state index is 12.6. The lowest BCUT2D eigenvalue weighted by atomic mass is 9.99. The molecule has 2 aromatic carbocycles. The molecule has 0 N–H and O–H groups in total. The Hall–Kier alpha value is -5.96. The third-order valence-electron chi connectivity index (χ3n) is 9.42. The molecule has 20 nitrogen and oxygen atoms in total. The largest absolute Gasteiger partial charge is 0.460 e. The quantitative estimate of drug-likeness (QED) is 0.271. The Balaban J connectivity index is 0.873. The second-order valence-electron chi connectivity index (χ2n) is 13.6. The fourth-order valence-corrected chi connectivity index (χ4v) is 6.27. The van der Waals surface area contributed by atoms with E-state index in [9.17, 15) is 19.2 Å². The van der Waals surface area contributed by atoms with E-state index in [1.807, 2.05) is 36.4 Å². The zero-order valence-corrected chi connectivity index (χ0v) is 32.6. The van der Waals surface area contributed by atoms with E-state index in [0.717, 1.165) is 0 Å². The first kappa shape index (κ1) is 42.2. The summed E-state index contributed by atoms with van der Waals surface area (Å²) < 4.78 is 43.1. The first-order chi connectivity index (χ1) is 29.4. The van der Waals surface area contributed by atoms with Crippen LogP contribution in [0.3, 0.4) is 0 Å². The van der Waals surface area contributed by atoms with Crippen molar-refractivity contribution in [2.45, 2.75) is 50.1 Å². The van der Waals surface area contributed by atoms with E-state index >= 15 is 0 Å². The van der Waals surface area contributed by atoms with Gasteiger partial charge in [-0.1, -0.05) is 57.0 Å². The molecule has 0 spiro atoms. The zero-order valence-electron chi connectivity index (χ0n) is 32.6. The van der Waals surface area contributed by atoms with Crippen LogP contribution in [0, 0.1) is 0 Å². The number of carbonyl (C=O) groups excluding carboxylic acids is 4. The first-order valence-corrected chi connectivity index (χ1v) is 19.5. The van der Waals surface area contributed by atoms with Gasteiger partial charge in [0.1, 0.15) is 26.4 Å². The van der Waals surface area contributed by atoms with Gasteiger partial charge in [-0.2, -0.15) is 0 Å². The van der Waals surface area contributed by atoms with E-state index in [0.29, 0.717) is 45.1 Å². The molecular weight excluding hydrogens is 792 g/mol. The Bertz CT molecular complexity index is 1710. The highest BCUT2D eigenvalue weighted by Gasteiger charge is 2.34. The van der Waals surface area contributed by atoms with Crippen LogP contribution in [0.4, 0.5) is 0 Å². The van der Waals surface area contributed by atoms with Gasteiger partial charge in [0.2, 0.25) is 24.4 Å². The van der Waals surface area contributed by atoms with Crippen LogP contribution in [0.15, 0.2) is 69.2 Å². The summed E-state index contributed by atoms with van der Waals surface area (Å²) >= 11 is 0. The number of hydrogen-bond donors (Lipinski definition) is 0. The van der Waals surface area contributed by atoms with Crippen molar-refractivity contribution in [1.82, 2.24) is 0 Å². The second kappa shape index (κ2) is 21.3. The topological polar surface area (TPSA) is 228 Å². The highest BCUT2D eigenvalue weighted by molar-refractivity contribution is 6.09. The van der Waals surface area contributed by atoms with Gasteiger partial charge in [-0.05, 0) is 12.1 Å². The lowest BCUT2D eigenvalue weighted by molar-refractivity contribution is -0.158. The summed E-state index contributed by atoms with van der Waals surface area (Å²) in [5.41, 5.74) is 5.06. The van der Waals surface area contributed by atoms with Gasteiger partial charge in [-0.15, -0.1) is 0 Å². The van der Waals surface area contributed by atoms with Gasteiger partial charge >= 0.3 is 23.9 Å². The average Bonchev–Trinajstić information content (AvgIpc) is 4.12. The molecular formula is C40H44N4O16. The summed E-state index contributed by atoms with van der Waals surface area (Å²) in [6.45, 7) is 1.45. The zero-order chi connectivity index (χ0) is 41.5. The van der Waals surface area contributed by atoms with E-state index in [-0.39, 0.29) is 105 Å². The lowest BCUT2D eigenvalue weighted by Gasteiger charge is -2.11. The van der Waals surface area contributed by atoms with E-state index in [2.05, 4.69) is 20.6 Å². The van der Waals surface area contributed by atoms with Crippen LogP contribution in [-0.2, 0) is 76.4 Å². The van der Waals surface area contributed by atoms with Crippen molar-refractivity contribution in [2.75, 3.05) is 79.3 Å². The minimum atomic E-state index is -0.909. The fraction of sp³-hybridized carbons (Fsp3) is 0.500. The van der Waals surface area contributed by atoms with Crippen molar-refractivity contribution in [3.63, 3.8) is 0 Å². The molecule has 0 aliphatic carbocycles. The molecule has 5 heterocycles. The number of fused-ring (bicyclic) bond motifs is 16. The molecule has 4 atom stereocenters. The van der Waals surface area contributed by atoms with Crippen molar-refractivity contribution >= 4 is 46.7 Å². The lowest BCUT2D eigenvalue weighted by Crippen LogP contribution is -2.26. The summed E-state index contributed by atoms with van der Waals surface area (Å²) in [6, 6.07) is 14.6. The Morgan fingerprint density at radius 2 is 0.583 bits per heavy atom. The third-order valence-corrected chi connectivity index (χ3v) is 9.42. The van der Waals surface area contributed by atoms with Gasteiger partial charge in [0, 0.05) is 47.9 Å². The summed E-state index contributed by atoms with van der Waals surface area (Å²) in [7, 11) is 0. The smallest absolute Gasteiger partial charge is 0.350 e. The predicted molar refractivity (Wildman–Crippen MR) is 204 cm³/mol. The molecule has 7 rings (SSSR count). The minimum Gasteiger partial charge on any atom is -0.460 e. The average molecular weight is 837 g/mol. The number of cyclic esters (lactones) is 4. The molecule has 0 saturated heterocycles. The number of ether oxygens (including phenoxy) is 8. The van der Waals surface area contributed by atoms with Crippen LogP contribution >= 0.6 is 0 Å². The summed E-state index contributed by atoms with van der Waals surface area (Å²) in [6.07, 6.45) is -2.84. The van der Waals surface area contributed by atoms with Crippen LogP contribution in [0.2, 0.25) is 0 Å². The number of esters is 4.